The zero-order valence-corrected chi connectivity index (χ0v) is 16.2. The molecule has 0 heterocycles. The number of nitrogens with two attached hydrogens (primary N) is 1. The van der Waals surface area contributed by atoms with Crippen molar-refractivity contribution in [2.45, 2.75) is 12.3 Å². The average molecular weight is 396 g/mol. The maximum atomic E-state index is 11.1. The highest BCUT2D eigenvalue weighted by molar-refractivity contribution is 7.46. The van der Waals surface area contributed by atoms with Crippen LogP contribution in [0.1, 0.15) is 23.6 Å². The monoisotopic (exact) mass is 396 g/mol. The van der Waals surface area contributed by atoms with Crippen LogP contribution in [0.5, 0.6) is 5.75 Å². The van der Waals surface area contributed by atoms with E-state index < -0.39 is 13.2 Å². The minimum absolute atomic E-state index is 0.0782. The van der Waals surface area contributed by atoms with Gasteiger partial charge in [-0.05, 0) is 35.7 Å². The van der Waals surface area contributed by atoms with Crippen LogP contribution in [0.4, 0.5) is 0 Å². The molecule has 0 amide bonds. The van der Waals surface area contributed by atoms with Gasteiger partial charge in [0.15, 0.2) is 0 Å². The maximum absolute atomic E-state index is 11.1. The van der Waals surface area contributed by atoms with Crippen molar-refractivity contribution in [2.24, 2.45) is 10.9 Å². The zero-order chi connectivity index (χ0) is 20.2. The molecule has 0 radical (unpaired) electrons. The van der Waals surface area contributed by atoms with E-state index in [0.717, 1.165) is 16.7 Å². The van der Waals surface area contributed by atoms with Gasteiger partial charge in [-0.15, -0.1) is 0 Å². The van der Waals surface area contributed by atoms with Gasteiger partial charge in [0, 0.05) is 0 Å². The number of benzene rings is 3. The van der Waals surface area contributed by atoms with Crippen LogP contribution in [0.15, 0.2) is 90.0 Å². The minimum Gasteiger partial charge on any atom is -0.404 e. The summed E-state index contributed by atoms with van der Waals surface area (Å²) in [4.78, 5) is 18.1. The molecule has 0 aliphatic heterocycles. The van der Waals surface area contributed by atoms with Crippen molar-refractivity contribution < 1.29 is 18.9 Å². The molecule has 0 atom stereocenters. The van der Waals surface area contributed by atoms with Crippen molar-refractivity contribution in [3.63, 3.8) is 0 Å². The van der Waals surface area contributed by atoms with E-state index in [0.29, 0.717) is 5.71 Å². The Hall–Kier alpha value is -2.92. The molecule has 0 aliphatic rings. The van der Waals surface area contributed by atoms with Crippen molar-refractivity contribution in [1.29, 1.82) is 0 Å². The molecule has 3 aromatic rings. The van der Waals surface area contributed by atoms with Crippen LogP contribution in [-0.2, 0) is 9.98 Å². The topological polar surface area (TPSA) is 105 Å². The third-order valence-corrected chi connectivity index (χ3v) is 5.11. The standard InChI is InChI=1S/C21H21N2O4P/c1-16(23-22)21(17-8-4-2-5-9-17,18-10-6-3-7-11-18)19-12-14-20(15-13-19)27-28(24,25)26/h2-15H,22H2,1H3,(H2,24,25,26). The molecule has 0 fully saturated rings. The van der Waals surface area contributed by atoms with Crippen LogP contribution in [0.2, 0.25) is 0 Å². The molecule has 3 aromatic carbocycles. The van der Waals surface area contributed by atoms with Crippen molar-refractivity contribution in [2.75, 3.05) is 0 Å². The highest BCUT2D eigenvalue weighted by atomic mass is 31.2. The fraction of sp³-hybridized carbons (Fsp3) is 0.0952. The summed E-state index contributed by atoms with van der Waals surface area (Å²) in [6.07, 6.45) is 0. The summed E-state index contributed by atoms with van der Waals surface area (Å²) in [7, 11) is -4.63. The Labute approximate surface area is 163 Å². The van der Waals surface area contributed by atoms with Crippen LogP contribution in [0.3, 0.4) is 0 Å². The van der Waals surface area contributed by atoms with Crippen molar-refractivity contribution in [3.8, 4) is 5.75 Å². The molecule has 144 valence electrons. The largest absolute Gasteiger partial charge is 0.524 e. The molecule has 0 bridgehead atoms. The maximum Gasteiger partial charge on any atom is 0.524 e. The first-order chi connectivity index (χ1) is 13.4. The van der Waals surface area contributed by atoms with Crippen LogP contribution >= 0.6 is 7.82 Å². The summed E-state index contributed by atoms with van der Waals surface area (Å²) in [5.74, 6) is 5.82. The molecule has 0 spiro atoms. The van der Waals surface area contributed by atoms with Gasteiger partial charge in [-0.3, -0.25) is 9.79 Å². The van der Waals surface area contributed by atoms with Crippen LogP contribution in [-0.4, -0.2) is 15.5 Å². The van der Waals surface area contributed by atoms with Crippen molar-refractivity contribution in [1.82, 2.24) is 0 Å². The lowest BCUT2D eigenvalue weighted by Gasteiger charge is -2.35. The first-order valence-electron chi connectivity index (χ1n) is 8.59. The Kier molecular flexibility index (Phi) is 5.66. The molecule has 7 heteroatoms. The highest BCUT2D eigenvalue weighted by Crippen LogP contribution is 2.42. The molecule has 0 aromatic heterocycles. The van der Waals surface area contributed by atoms with E-state index in [4.69, 9.17) is 15.6 Å². The number of phosphoric ester groups is 1. The van der Waals surface area contributed by atoms with Gasteiger partial charge < -0.3 is 10.4 Å². The van der Waals surface area contributed by atoms with Gasteiger partial charge in [0.2, 0.25) is 0 Å². The molecule has 4 N–H and O–H groups in total. The van der Waals surface area contributed by atoms with E-state index in [-0.39, 0.29) is 5.75 Å². The number of hydrogen-bond acceptors (Lipinski definition) is 4. The highest BCUT2D eigenvalue weighted by Gasteiger charge is 2.39. The second-order valence-corrected chi connectivity index (χ2v) is 7.47. The third-order valence-electron chi connectivity index (χ3n) is 4.66. The summed E-state index contributed by atoms with van der Waals surface area (Å²) in [5, 5.41) is 4.03. The molecule has 0 unspecified atom stereocenters. The first kappa shape index (κ1) is 19.8. The Morgan fingerprint density at radius 1 is 0.857 bits per heavy atom. The summed E-state index contributed by atoms with van der Waals surface area (Å²) in [6, 6.07) is 26.2. The van der Waals surface area contributed by atoms with Crippen LogP contribution < -0.4 is 10.4 Å². The van der Waals surface area contributed by atoms with E-state index in [2.05, 4.69) is 9.63 Å². The summed E-state index contributed by atoms with van der Waals surface area (Å²) < 4.78 is 15.8. The summed E-state index contributed by atoms with van der Waals surface area (Å²) >= 11 is 0. The summed E-state index contributed by atoms with van der Waals surface area (Å²) in [6.45, 7) is 1.86. The smallest absolute Gasteiger partial charge is 0.404 e. The molecule has 0 aliphatic carbocycles. The van der Waals surface area contributed by atoms with Crippen molar-refractivity contribution >= 4 is 13.5 Å². The molecular weight excluding hydrogens is 375 g/mol. The quantitative estimate of drug-likeness (QED) is 0.193. The summed E-state index contributed by atoms with van der Waals surface area (Å²) in [5.41, 5.74) is 2.69. The van der Waals surface area contributed by atoms with Gasteiger partial charge in [0.25, 0.3) is 0 Å². The normalized spacial score (nSPS) is 12.6. The Balaban J connectivity index is 2.26. The number of phosphoric acid groups is 1. The van der Waals surface area contributed by atoms with E-state index in [1.807, 2.05) is 67.6 Å². The fourth-order valence-electron chi connectivity index (χ4n) is 3.50. The molecule has 6 nitrogen and oxygen atoms in total. The number of hydrazone groups is 1. The van der Waals surface area contributed by atoms with Gasteiger partial charge in [-0.1, -0.05) is 72.8 Å². The predicted octanol–water partition coefficient (Wildman–Crippen LogP) is 3.83. The number of hydrogen-bond donors (Lipinski definition) is 3. The number of rotatable bonds is 6. The number of nitrogens with zero attached hydrogens (tertiary/aromatic N) is 1. The van der Waals surface area contributed by atoms with Crippen molar-refractivity contribution in [3.05, 3.63) is 102 Å². The molecular formula is C21H21N2O4P. The van der Waals surface area contributed by atoms with Gasteiger partial charge in [-0.2, -0.15) is 5.10 Å². The van der Waals surface area contributed by atoms with E-state index in [1.165, 1.54) is 12.1 Å². The lowest BCUT2D eigenvalue weighted by atomic mass is 9.66. The van der Waals surface area contributed by atoms with E-state index in [9.17, 15) is 4.57 Å². The average Bonchev–Trinajstić information content (AvgIpc) is 2.70. The Morgan fingerprint density at radius 2 is 1.29 bits per heavy atom. The van der Waals surface area contributed by atoms with Gasteiger partial charge in [-0.25, -0.2) is 4.57 Å². The van der Waals surface area contributed by atoms with Gasteiger partial charge >= 0.3 is 7.82 Å². The van der Waals surface area contributed by atoms with Gasteiger partial charge in [0.1, 0.15) is 5.75 Å². The zero-order valence-electron chi connectivity index (χ0n) is 15.3. The molecule has 0 saturated carbocycles. The lowest BCUT2D eigenvalue weighted by molar-refractivity contribution is 0.283. The second kappa shape index (κ2) is 7.98. The van der Waals surface area contributed by atoms with E-state index >= 15 is 0 Å². The first-order valence-corrected chi connectivity index (χ1v) is 10.1. The predicted molar refractivity (Wildman–Crippen MR) is 109 cm³/mol. The molecule has 28 heavy (non-hydrogen) atoms. The SMILES string of the molecule is CC(=NN)C(c1ccccc1)(c1ccccc1)c1ccc(OP(=O)(O)O)cc1. The minimum atomic E-state index is -4.63. The molecule has 0 saturated heterocycles. The molecule has 3 rings (SSSR count). The second-order valence-electron chi connectivity index (χ2n) is 6.30. The van der Waals surface area contributed by atoms with Crippen LogP contribution in [0, 0.1) is 0 Å². The Morgan fingerprint density at radius 3 is 1.68 bits per heavy atom. The van der Waals surface area contributed by atoms with E-state index in [1.54, 1.807) is 12.1 Å². The van der Waals surface area contributed by atoms with Gasteiger partial charge in [0.05, 0.1) is 11.1 Å². The Bertz CT molecular complexity index is 960. The lowest BCUT2D eigenvalue weighted by Crippen LogP contribution is -2.37. The third kappa shape index (κ3) is 3.85. The fourth-order valence-corrected chi connectivity index (χ4v) is 3.90. The van der Waals surface area contributed by atoms with Crippen LogP contribution in [0.25, 0.3) is 0 Å².